The van der Waals surface area contributed by atoms with E-state index in [1.165, 1.54) is 26.1 Å². The molecule has 1 aliphatic heterocycles. The standard InChI is InChI=1S/C22H21ClFN3O5/c1-14(28)11-26-12-19(20(29)25(2)16-8-9-18(24)17(23)10-16)27(21(26)30)22(31)32-13-15-6-4-3-5-7-15/h3-10,19H,11-13H2,1-2H3/t19-/m0/s1. The first-order valence-corrected chi connectivity index (χ1v) is 10.1. The number of rotatable bonds is 6. The molecule has 1 heterocycles. The van der Waals surface area contributed by atoms with Gasteiger partial charge in [-0.15, -0.1) is 0 Å². The van der Waals surface area contributed by atoms with E-state index in [9.17, 15) is 23.6 Å². The second kappa shape index (κ2) is 9.78. The number of carbonyl (C=O) groups is 4. The van der Waals surface area contributed by atoms with Crippen molar-refractivity contribution in [3.8, 4) is 0 Å². The molecule has 3 rings (SSSR count). The van der Waals surface area contributed by atoms with Crippen molar-refractivity contribution in [2.24, 2.45) is 0 Å². The summed E-state index contributed by atoms with van der Waals surface area (Å²) in [5.74, 6) is -1.57. The molecule has 0 radical (unpaired) electrons. The number of benzene rings is 2. The van der Waals surface area contributed by atoms with E-state index in [0.29, 0.717) is 10.5 Å². The quantitative estimate of drug-likeness (QED) is 0.657. The van der Waals surface area contributed by atoms with Gasteiger partial charge in [0.1, 0.15) is 24.2 Å². The van der Waals surface area contributed by atoms with E-state index in [1.54, 1.807) is 30.3 Å². The average Bonchev–Trinajstić information content (AvgIpc) is 3.09. The lowest BCUT2D eigenvalue weighted by molar-refractivity contribution is -0.122. The topological polar surface area (TPSA) is 87.2 Å². The summed E-state index contributed by atoms with van der Waals surface area (Å²) < 4.78 is 18.7. The van der Waals surface area contributed by atoms with Crippen LogP contribution < -0.4 is 4.90 Å². The maximum absolute atomic E-state index is 13.5. The zero-order valence-electron chi connectivity index (χ0n) is 17.5. The van der Waals surface area contributed by atoms with Crippen LogP contribution in [0.2, 0.25) is 5.02 Å². The number of hydrogen-bond acceptors (Lipinski definition) is 5. The predicted octanol–water partition coefficient (Wildman–Crippen LogP) is 3.47. The Morgan fingerprint density at radius 3 is 2.50 bits per heavy atom. The Morgan fingerprint density at radius 2 is 1.88 bits per heavy atom. The number of ether oxygens (including phenoxy) is 1. The Labute approximate surface area is 189 Å². The fraction of sp³-hybridized carbons (Fsp3) is 0.273. The van der Waals surface area contributed by atoms with Crippen LogP contribution >= 0.6 is 11.6 Å². The molecule has 0 aromatic heterocycles. The summed E-state index contributed by atoms with van der Waals surface area (Å²) in [6.45, 7) is 0.766. The van der Waals surface area contributed by atoms with Gasteiger partial charge in [0, 0.05) is 12.7 Å². The number of anilines is 1. The van der Waals surface area contributed by atoms with Gasteiger partial charge in [0.05, 0.1) is 18.1 Å². The van der Waals surface area contributed by atoms with E-state index < -0.39 is 29.9 Å². The Balaban J connectivity index is 1.83. The summed E-state index contributed by atoms with van der Waals surface area (Å²) in [5, 5.41) is -0.179. The molecule has 32 heavy (non-hydrogen) atoms. The molecule has 0 N–H and O–H groups in total. The van der Waals surface area contributed by atoms with Crippen LogP contribution in [0.3, 0.4) is 0 Å². The highest BCUT2D eigenvalue weighted by molar-refractivity contribution is 6.31. The number of amides is 4. The third-order valence-corrected chi connectivity index (χ3v) is 5.19. The molecule has 0 unspecified atom stereocenters. The molecule has 0 spiro atoms. The normalized spacial score (nSPS) is 15.6. The second-order valence-corrected chi connectivity index (χ2v) is 7.69. The SMILES string of the molecule is CC(=O)CN1C[C@@H](C(=O)N(C)c2ccc(F)c(Cl)c2)N(C(=O)OCc2ccccc2)C1=O. The van der Waals surface area contributed by atoms with Crippen LogP contribution in [0.4, 0.5) is 19.7 Å². The summed E-state index contributed by atoms with van der Waals surface area (Å²) in [4.78, 5) is 53.3. The van der Waals surface area contributed by atoms with Crippen LogP contribution in [-0.2, 0) is 20.9 Å². The maximum atomic E-state index is 13.5. The minimum Gasteiger partial charge on any atom is -0.444 e. The van der Waals surface area contributed by atoms with E-state index >= 15 is 0 Å². The Bertz CT molecular complexity index is 1050. The molecular weight excluding hydrogens is 441 g/mol. The third-order valence-electron chi connectivity index (χ3n) is 4.90. The molecule has 1 aliphatic rings. The van der Waals surface area contributed by atoms with Crippen molar-refractivity contribution in [1.29, 1.82) is 0 Å². The van der Waals surface area contributed by atoms with Gasteiger partial charge >= 0.3 is 12.1 Å². The van der Waals surface area contributed by atoms with Crippen LogP contribution in [0.15, 0.2) is 48.5 Å². The van der Waals surface area contributed by atoms with Gasteiger partial charge in [0.25, 0.3) is 5.91 Å². The second-order valence-electron chi connectivity index (χ2n) is 7.29. The summed E-state index contributed by atoms with van der Waals surface area (Å²) in [5.41, 5.74) is 0.977. The minimum atomic E-state index is -1.24. The molecule has 0 saturated carbocycles. The Hall–Kier alpha value is -3.46. The van der Waals surface area contributed by atoms with Crippen molar-refractivity contribution >= 4 is 41.1 Å². The molecule has 1 atom stereocenters. The van der Waals surface area contributed by atoms with Crippen molar-refractivity contribution < 1.29 is 28.3 Å². The predicted molar refractivity (Wildman–Crippen MR) is 115 cm³/mol. The third kappa shape index (κ3) is 5.05. The van der Waals surface area contributed by atoms with Gasteiger partial charge in [-0.25, -0.2) is 18.9 Å². The van der Waals surface area contributed by atoms with Gasteiger partial charge in [0.15, 0.2) is 0 Å². The number of imide groups is 1. The van der Waals surface area contributed by atoms with Gasteiger partial charge in [-0.1, -0.05) is 41.9 Å². The molecule has 10 heteroatoms. The molecule has 0 aliphatic carbocycles. The summed E-state index contributed by atoms with van der Waals surface area (Å²) in [6, 6.07) is 10.5. The van der Waals surface area contributed by atoms with Gasteiger partial charge < -0.3 is 14.5 Å². The number of Topliss-reactive ketones (excluding diaryl/α,β-unsaturated/α-hetero) is 1. The number of ketones is 1. The summed E-state index contributed by atoms with van der Waals surface area (Å²) >= 11 is 5.81. The molecule has 168 valence electrons. The fourth-order valence-electron chi connectivity index (χ4n) is 3.28. The fourth-order valence-corrected chi connectivity index (χ4v) is 3.46. The van der Waals surface area contributed by atoms with Crippen LogP contribution in [0.1, 0.15) is 12.5 Å². The first-order chi connectivity index (χ1) is 15.2. The smallest absolute Gasteiger partial charge is 0.419 e. The van der Waals surface area contributed by atoms with Gasteiger partial charge in [-0.3, -0.25) is 9.59 Å². The molecule has 2 aromatic rings. The number of likely N-dealkylation sites (N-methyl/N-ethyl adjacent to an activating group) is 1. The van der Waals surface area contributed by atoms with Crippen LogP contribution in [0.5, 0.6) is 0 Å². The number of nitrogens with zero attached hydrogens (tertiary/aromatic N) is 3. The molecule has 1 saturated heterocycles. The highest BCUT2D eigenvalue weighted by Crippen LogP contribution is 2.25. The Morgan fingerprint density at radius 1 is 1.19 bits per heavy atom. The van der Waals surface area contributed by atoms with E-state index in [-0.39, 0.29) is 36.2 Å². The first kappa shape index (κ1) is 23.2. The van der Waals surface area contributed by atoms with E-state index in [1.807, 2.05) is 0 Å². The van der Waals surface area contributed by atoms with Crippen LogP contribution in [0, 0.1) is 5.82 Å². The monoisotopic (exact) mass is 461 g/mol. The van der Waals surface area contributed by atoms with Crippen molar-refractivity contribution in [3.63, 3.8) is 0 Å². The van der Waals surface area contributed by atoms with Gasteiger partial charge in [0.2, 0.25) is 0 Å². The number of carbonyl (C=O) groups excluding carboxylic acids is 4. The number of hydrogen-bond donors (Lipinski definition) is 0. The van der Waals surface area contributed by atoms with Crippen molar-refractivity contribution in [1.82, 2.24) is 9.80 Å². The highest BCUT2D eigenvalue weighted by Gasteiger charge is 2.47. The van der Waals surface area contributed by atoms with Crippen LogP contribution in [0.25, 0.3) is 0 Å². The summed E-state index contributed by atoms with van der Waals surface area (Å²) in [7, 11) is 1.41. The highest BCUT2D eigenvalue weighted by atomic mass is 35.5. The van der Waals surface area contributed by atoms with Crippen molar-refractivity contribution in [3.05, 3.63) is 64.9 Å². The van der Waals surface area contributed by atoms with Gasteiger partial charge in [-0.05, 0) is 30.7 Å². The lowest BCUT2D eigenvalue weighted by Crippen LogP contribution is -2.49. The van der Waals surface area contributed by atoms with E-state index in [2.05, 4.69) is 0 Å². The first-order valence-electron chi connectivity index (χ1n) is 9.70. The zero-order chi connectivity index (χ0) is 23.4. The van der Waals surface area contributed by atoms with E-state index in [0.717, 1.165) is 15.9 Å². The van der Waals surface area contributed by atoms with Crippen LogP contribution in [-0.4, -0.2) is 59.8 Å². The molecule has 0 bridgehead atoms. The number of halogens is 2. The van der Waals surface area contributed by atoms with Gasteiger partial charge in [-0.2, -0.15) is 0 Å². The molecule has 8 nitrogen and oxygen atoms in total. The molecule has 2 aromatic carbocycles. The number of urea groups is 1. The lowest BCUT2D eigenvalue weighted by Gasteiger charge is -2.25. The molecule has 1 fully saturated rings. The molecular formula is C22H21ClFN3O5. The lowest BCUT2D eigenvalue weighted by atomic mass is 10.2. The Kier molecular flexibility index (Phi) is 7.09. The van der Waals surface area contributed by atoms with Crippen molar-refractivity contribution in [2.75, 3.05) is 25.0 Å². The minimum absolute atomic E-state index is 0.0967. The summed E-state index contributed by atoms with van der Waals surface area (Å²) in [6.07, 6.45) is -1.01. The average molecular weight is 462 g/mol. The largest absolute Gasteiger partial charge is 0.444 e. The zero-order valence-corrected chi connectivity index (χ0v) is 18.2. The maximum Gasteiger partial charge on any atom is 0.419 e. The van der Waals surface area contributed by atoms with E-state index in [4.69, 9.17) is 16.3 Å². The molecule has 4 amide bonds. The van der Waals surface area contributed by atoms with Crippen molar-refractivity contribution in [2.45, 2.75) is 19.6 Å².